The number of aromatic nitrogens is 1. The van der Waals surface area contributed by atoms with Crippen molar-refractivity contribution in [3.8, 4) is 0 Å². The first kappa shape index (κ1) is 11.2. The molecular weight excluding hydrogens is 240 g/mol. The molecule has 1 heterocycles. The van der Waals surface area contributed by atoms with Crippen LogP contribution in [0.3, 0.4) is 0 Å². The molecular formula is C11H10N2OS2. The Hall–Kier alpha value is -1.33. The molecule has 0 bridgehead atoms. The molecule has 1 aromatic heterocycles. The van der Waals surface area contributed by atoms with Gasteiger partial charge in [-0.2, -0.15) is 0 Å². The second-order valence-corrected chi connectivity index (χ2v) is 5.22. The molecule has 0 atom stereocenters. The van der Waals surface area contributed by atoms with Gasteiger partial charge in [0.25, 0.3) is 5.91 Å². The molecule has 0 aliphatic rings. The number of amides is 1. The van der Waals surface area contributed by atoms with Crippen LogP contribution in [0.5, 0.6) is 0 Å². The number of rotatable bonds is 4. The molecule has 0 radical (unpaired) electrons. The summed E-state index contributed by atoms with van der Waals surface area (Å²) < 4.78 is 0.873. The normalized spacial score (nSPS) is 10.2. The molecule has 16 heavy (non-hydrogen) atoms. The van der Waals surface area contributed by atoms with Crippen molar-refractivity contribution in [1.82, 2.24) is 4.98 Å². The number of benzene rings is 1. The maximum absolute atomic E-state index is 10.8. The van der Waals surface area contributed by atoms with E-state index in [1.54, 1.807) is 17.1 Å². The Labute approximate surface area is 102 Å². The molecule has 82 valence electrons. The summed E-state index contributed by atoms with van der Waals surface area (Å²) in [6, 6.07) is 10.1. The second kappa shape index (κ2) is 5.14. The minimum absolute atomic E-state index is 0.348. The highest BCUT2D eigenvalue weighted by Gasteiger charge is 2.06. The number of carbonyl (C=O) groups excluding carboxylic acids is 1. The van der Waals surface area contributed by atoms with E-state index < -0.39 is 5.91 Å². The molecule has 2 rings (SSSR count). The van der Waals surface area contributed by atoms with Gasteiger partial charge in [-0.15, -0.1) is 11.3 Å². The summed E-state index contributed by atoms with van der Waals surface area (Å²) >= 11 is 3.06. The number of thioether (sulfide) groups is 1. The van der Waals surface area contributed by atoms with E-state index >= 15 is 0 Å². The van der Waals surface area contributed by atoms with Crippen molar-refractivity contribution in [2.45, 2.75) is 10.1 Å². The summed E-state index contributed by atoms with van der Waals surface area (Å²) in [6.07, 6.45) is 0. The van der Waals surface area contributed by atoms with E-state index in [-0.39, 0.29) is 0 Å². The smallest absolute Gasteiger partial charge is 0.268 e. The van der Waals surface area contributed by atoms with Crippen LogP contribution in [-0.2, 0) is 5.75 Å². The average molecular weight is 250 g/mol. The summed E-state index contributed by atoms with van der Waals surface area (Å²) in [5.74, 6) is 0.384. The molecule has 0 aliphatic carbocycles. The number of nitrogens with zero attached hydrogens (tertiary/aromatic N) is 1. The van der Waals surface area contributed by atoms with Crippen LogP contribution in [0, 0.1) is 0 Å². The van der Waals surface area contributed by atoms with Crippen LogP contribution in [0.15, 0.2) is 40.1 Å². The van der Waals surface area contributed by atoms with Crippen LogP contribution in [0.4, 0.5) is 0 Å². The molecule has 0 saturated carbocycles. The van der Waals surface area contributed by atoms with Gasteiger partial charge < -0.3 is 5.73 Å². The second-order valence-electron chi connectivity index (χ2n) is 3.14. The van der Waals surface area contributed by atoms with Crippen molar-refractivity contribution in [3.05, 3.63) is 47.0 Å². The summed E-state index contributed by atoms with van der Waals surface area (Å²) in [7, 11) is 0. The van der Waals surface area contributed by atoms with E-state index in [0.29, 0.717) is 5.69 Å². The largest absolute Gasteiger partial charge is 0.364 e. The predicted molar refractivity (Wildman–Crippen MR) is 66.6 cm³/mol. The number of hydrogen-bond donors (Lipinski definition) is 1. The molecule has 0 aliphatic heterocycles. The Balaban J connectivity index is 1.97. The summed E-state index contributed by atoms with van der Waals surface area (Å²) in [6.45, 7) is 0. The number of carbonyl (C=O) groups is 1. The molecule has 2 N–H and O–H groups in total. The number of thiazole rings is 1. The van der Waals surface area contributed by atoms with Gasteiger partial charge in [0.05, 0.1) is 0 Å². The molecule has 0 fully saturated rings. The van der Waals surface area contributed by atoms with E-state index in [2.05, 4.69) is 17.1 Å². The van der Waals surface area contributed by atoms with Crippen LogP contribution >= 0.6 is 23.1 Å². The first-order valence-corrected chi connectivity index (χ1v) is 6.54. The van der Waals surface area contributed by atoms with Crippen molar-refractivity contribution in [1.29, 1.82) is 0 Å². The Morgan fingerprint density at radius 2 is 2.12 bits per heavy atom. The lowest BCUT2D eigenvalue weighted by atomic mass is 10.2. The van der Waals surface area contributed by atoms with Crippen LogP contribution in [0.2, 0.25) is 0 Å². The van der Waals surface area contributed by atoms with Crippen molar-refractivity contribution in [2.75, 3.05) is 0 Å². The lowest BCUT2D eigenvalue weighted by Gasteiger charge is -1.97. The highest BCUT2D eigenvalue weighted by molar-refractivity contribution is 8.00. The van der Waals surface area contributed by atoms with Gasteiger partial charge in [-0.05, 0) is 5.56 Å². The quantitative estimate of drug-likeness (QED) is 0.848. The number of hydrogen-bond acceptors (Lipinski definition) is 4. The summed E-state index contributed by atoms with van der Waals surface area (Å²) in [5, 5.41) is 1.69. The molecule has 1 aromatic carbocycles. The number of primary amides is 1. The van der Waals surface area contributed by atoms with Gasteiger partial charge in [0, 0.05) is 11.1 Å². The van der Waals surface area contributed by atoms with Gasteiger partial charge in [0.1, 0.15) is 5.69 Å². The van der Waals surface area contributed by atoms with E-state index in [9.17, 15) is 4.79 Å². The molecule has 0 unspecified atom stereocenters. The fraction of sp³-hybridized carbons (Fsp3) is 0.0909. The SMILES string of the molecule is NC(=O)c1csc(SCc2ccccc2)n1. The minimum Gasteiger partial charge on any atom is -0.364 e. The van der Waals surface area contributed by atoms with Crippen molar-refractivity contribution < 1.29 is 4.79 Å². The third-order valence-corrected chi connectivity index (χ3v) is 4.03. The summed E-state index contributed by atoms with van der Waals surface area (Å²) in [5.41, 5.74) is 6.72. The number of nitrogens with two attached hydrogens (primary N) is 1. The maximum atomic E-state index is 10.8. The van der Waals surface area contributed by atoms with Crippen molar-refractivity contribution >= 4 is 29.0 Å². The fourth-order valence-corrected chi connectivity index (χ4v) is 2.93. The maximum Gasteiger partial charge on any atom is 0.268 e. The molecule has 1 amide bonds. The minimum atomic E-state index is -0.470. The molecule has 2 aromatic rings. The Kier molecular flexibility index (Phi) is 3.58. The standard InChI is InChI=1S/C11H10N2OS2/c12-10(14)9-7-16-11(13-9)15-6-8-4-2-1-3-5-8/h1-5,7H,6H2,(H2,12,14). The van der Waals surface area contributed by atoms with E-state index in [4.69, 9.17) is 5.73 Å². The van der Waals surface area contributed by atoms with Crippen molar-refractivity contribution in [2.24, 2.45) is 5.73 Å². The molecule has 5 heteroatoms. The van der Waals surface area contributed by atoms with E-state index in [0.717, 1.165) is 10.1 Å². The zero-order valence-electron chi connectivity index (χ0n) is 8.42. The zero-order valence-corrected chi connectivity index (χ0v) is 10.1. The van der Waals surface area contributed by atoms with Crippen LogP contribution in [0.25, 0.3) is 0 Å². The molecule has 3 nitrogen and oxygen atoms in total. The van der Waals surface area contributed by atoms with Crippen LogP contribution in [-0.4, -0.2) is 10.9 Å². The zero-order chi connectivity index (χ0) is 11.4. The summed E-state index contributed by atoms with van der Waals surface area (Å²) in [4.78, 5) is 15.0. The van der Waals surface area contributed by atoms with Gasteiger partial charge in [0.15, 0.2) is 4.34 Å². The highest BCUT2D eigenvalue weighted by Crippen LogP contribution is 2.25. The average Bonchev–Trinajstić information content (AvgIpc) is 2.76. The van der Waals surface area contributed by atoms with Gasteiger partial charge in [0.2, 0.25) is 0 Å². The lowest BCUT2D eigenvalue weighted by molar-refractivity contribution is 0.0996. The Morgan fingerprint density at radius 1 is 1.38 bits per heavy atom. The third kappa shape index (κ3) is 2.84. The van der Waals surface area contributed by atoms with Crippen LogP contribution < -0.4 is 5.73 Å². The van der Waals surface area contributed by atoms with E-state index in [1.807, 2.05) is 18.2 Å². The van der Waals surface area contributed by atoms with Crippen LogP contribution in [0.1, 0.15) is 16.1 Å². The topological polar surface area (TPSA) is 56.0 Å². The third-order valence-electron chi connectivity index (χ3n) is 1.94. The molecule has 0 saturated heterocycles. The molecule has 0 spiro atoms. The van der Waals surface area contributed by atoms with Gasteiger partial charge >= 0.3 is 0 Å². The Morgan fingerprint density at radius 3 is 2.75 bits per heavy atom. The van der Waals surface area contributed by atoms with Gasteiger partial charge in [-0.3, -0.25) is 4.79 Å². The lowest BCUT2D eigenvalue weighted by Crippen LogP contribution is -2.10. The van der Waals surface area contributed by atoms with Gasteiger partial charge in [-0.25, -0.2) is 4.98 Å². The highest BCUT2D eigenvalue weighted by atomic mass is 32.2. The monoisotopic (exact) mass is 250 g/mol. The van der Waals surface area contributed by atoms with Gasteiger partial charge in [-0.1, -0.05) is 42.1 Å². The first-order valence-electron chi connectivity index (χ1n) is 4.68. The Bertz CT molecular complexity index is 482. The van der Waals surface area contributed by atoms with Crippen molar-refractivity contribution in [3.63, 3.8) is 0 Å². The first-order chi connectivity index (χ1) is 7.75. The fourth-order valence-electron chi connectivity index (χ4n) is 1.16. The van der Waals surface area contributed by atoms with E-state index in [1.165, 1.54) is 16.9 Å². The predicted octanol–water partition coefficient (Wildman–Crippen LogP) is 2.53.